The number of aromatic nitrogens is 2. The minimum absolute atomic E-state index is 0.287. The Morgan fingerprint density at radius 3 is 2.25 bits per heavy atom. The van der Waals surface area contributed by atoms with Crippen LogP contribution in [0.15, 0.2) is 22.7 Å². The van der Waals surface area contributed by atoms with E-state index in [1.807, 2.05) is 19.9 Å². The standard InChI is InChI=1S/C16H20BrN3/c1-9-7-13(17)5-6-14(9)16-19-11(3)15(10(2)8-18)12(4)20-16/h5-7,10H,8,18H2,1-4H3. The average molecular weight is 334 g/mol. The summed E-state index contributed by atoms with van der Waals surface area (Å²) in [6.07, 6.45) is 0. The van der Waals surface area contributed by atoms with Crippen LogP contribution in [-0.4, -0.2) is 16.5 Å². The molecule has 0 amide bonds. The van der Waals surface area contributed by atoms with E-state index in [0.29, 0.717) is 6.54 Å². The topological polar surface area (TPSA) is 51.8 Å². The summed E-state index contributed by atoms with van der Waals surface area (Å²) in [5.74, 6) is 1.08. The largest absolute Gasteiger partial charge is 0.330 e. The van der Waals surface area contributed by atoms with Crippen LogP contribution in [0.2, 0.25) is 0 Å². The predicted octanol–water partition coefficient (Wildman–Crippen LogP) is 3.89. The minimum Gasteiger partial charge on any atom is -0.330 e. The maximum absolute atomic E-state index is 5.77. The molecule has 0 radical (unpaired) electrons. The molecule has 2 N–H and O–H groups in total. The molecule has 4 heteroatoms. The first-order valence-corrected chi connectivity index (χ1v) is 7.55. The second kappa shape index (κ2) is 6.02. The summed E-state index contributed by atoms with van der Waals surface area (Å²) >= 11 is 3.48. The number of rotatable bonds is 3. The summed E-state index contributed by atoms with van der Waals surface area (Å²) in [6, 6.07) is 6.16. The Morgan fingerprint density at radius 1 is 1.15 bits per heavy atom. The average Bonchev–Trinajstić information content (AvgIpc) is 2.37. The van der Waals surface area contributed by atoms with Gasteiger partial charge < -0.3 is 5.73 Å². The molecule has 0 aliphatic carbocycles. The molecule has 0 aliphatic heterocycles. The van der Waals surface area contributed by atoms with Crippen LogP contribution < -0.4 is 5.73 Å². The molecule has 0 saturated carbocycles. The predicted molar refractivity (Wildman–Crippen MR) is 86.8 cm³/mol. The molecule has 1 aromatic heterocycles. The SMILES string of the molecule is Cc1cc(Br)ccc1-c1nc(C)c(C(C)CN)c(C)n1. The van der Waals surface area contributed by atoms with Crippen LogP contribution in [0.1, 0.15) is 35.4 Å². The second-order valence-electron chi connectivity index (χ2n) is 5.23. The van der Waals surface area contributed by atoms with E-state index in [4.69, 9.17) is 5.73 Å². The summed E-state index contributed by atoms with van der Waals surface area (Å²) < 4.78 is 1.07. The number of nitrogens with zero attached hydrogens (tertiary/aromatic N) is 2. The molecular weight excluding hydrogens is 314 g/mol. The van der Waals surface area contributed by atoms with Crippen LogP contribution >= 0.6 is 15.9 Å². The monoisotopic (exact) mass is 333 g/mol. The number of hydrogen-bond donors (Lipinski definition) is 1. The van der Waals surface area contributed by atoms with E-state index in [1.54, 1.807) is 0 Å². The summed E-state index contributed by atoms with van der Waals surface area (Å²) in [6.45, 7) is 8.87. The molecule has 0 bridgehead atoms. The molecule has 1 atom stereocenters. The van der Waals surface area contributed by atoms with Crippen molar-refractivity contribution in [1.29, 1.82) is 0 Å². The molecule has 1 heterocycles. The Balaban J connectivity index is 2.55. The summed E-state index contributed by atoms with van der Waals surface area (Å²) in [7, 11) is 0. The van der Waals surface area contributed by atoms with Crippen LogP contribution in [0, 0.1) is 20.8 Å². The van der Waals surface area contributed by atoms with Gasteiger partial charge in [-0.1, -0.05) is 22.9 Å². The van der Waals surface area contributed by atoms with Crippen molar-refractivity contribution in [2.24, 2.45) is 5.73 Å². The fraction of sp³-hybridized carbons (Fsp3) is 0.375. The van der Waals surface area contributed by atoms with E-state index < -0.39 is 0 Å². The first-order chi connectivity index (χ1) is 9.43. The van der Waals surface area contributed by atoms with E-state index in [9.17, 15) is 0 Å². The van der Waals surface area contributed by atoms with E-state index >= 15 is 0 Å². The number of aryl methyl sites for hydroxylation is 3. The van der Waals surface area contributed by atoms with Gasteiger partial charge in [0.15, 0.2) is 5.82 Å². The Hall–Kier alpha value is -1.26. The van der Waals surface area contributed by atoms with Gasteiger partial charge in [0.2, 0.25) is 0 Å². The lowest BCUT2D eigenvalue weighted by molar-refractivity contribution is 0.744. The van der Waals surface area contributed by atoms with E-state index in [2.05, 4.69) is 51.9 Å². The molecule has 3 nitrogen and oxygen atoms in total. The minimum atomic E-state index is 0.287. The van der Waals surface area contributed by atoms with E-state index in [-0.39, 0.29) is 5.92 Å². The molecule has 20 heavy (non-hydrogen) atoms. The van der Waals surface area contributed by atoms with Crippen LogP contribution in [0.25, 0.3) is 11.4 Å². The van der Waals surface area contributed by atoms with Gasteiger partial charge >= 0.3 is 0 Å². The van der Waals surface area contributed by atoms with Gasteiger partial charge in [0.25, 0.3) is 0 Å². The molecular formula is C16H20BrN3. The van der Waals surface area contributed by atoms with Gasteiger partial charge in [-0.05, 0) is 62.6 Å². The molecule has 0 spiro atoms. The Kier molecular flexibility index (Phi) is 4.55. The maximum atomic E-state index is 5.77. The third-order valence-electron chi connectivity index (χ3n) is 3.60. The summed E-state index contributed by atoms with van der Waals surface area (Å²) in [4.78, 5) is 9.36. The molecule has 1 aromatic carbocycles. The smallest absolute Gasteiger partial charge is 0.159 e. The van der Waals surface area contributed by atoms with Crippen LogP contribution in [-0.2, 0) is 0 Å². The fourth-order valence-corrected chi connectivity index (χ4v) is 3.03. The Labute approximate surface area is 128 Å². The number of halogens is 1. The van der Waals surface area contributed by atoms with Crippen molar-refractivity contribution in [3.05, 3.63) is 45.2 Å². The lowest BCUT2D eigenvalue weighted by atomic mass is 9.98. The molecule has 0 fully saturated rings. The third-order valence-corrected chi connectivity index (χ3v) is 4.10. The lowest BCUT2D eigenvalue weighted by Gasteiger charge is -2.16. The first-order valence-electron chi connectivity index (χ1n) is 6.75. The number of benzene rings is 1. The Morgan fingerprint density at radius 2 is 1.75 bits per heavy atom. The molecule has 0 aliphatic rings. The van der Waals surface area contributed by atoms with Gasteiger partial charge in [0.05, 0.1) is 0 Å². The number of nitrogens with two attached hydrogens (primary N) is 1. The summed E-state index contributed by atoms with van der Waals surface area (Å²) in [5, 5.41) is 0. The zero-order chi connectivity index (χ0) is 14.9. The van der Waals surface area contributed by atoms with Crippen LogP contribution in [0.4, 0.5) is 0 Å². The first kappa shape index (κ1) is 15.1. The van der Waals surface area contributed by atoms with Crippen LogP contribution in [0.5, 0.6) is 0 Å². The van der Waals surface area contributed by atoms with Gasteiger partial charge in [-0.25, -0.2) is 9.97 Å². The van der Waals surface area contributed by atoms with E-state index in [0.717, 1.165) is 32.8 Å². The Bertz CT molecular complexity index is 615. The molecule has 0 saturated heterocycles. The number of hydrogen-bond acceptors (Lipinski definition) is 3. The molecule has 106 valence electrons. The highest BCUT2D eigenvalue weighted by atomic mass is 79.9. The van der Waals surface area contributed by atoms with Crippen molar-refractivity contribution >= 4 is 15.9 Å². The fourth-order valence-electron chi connectivity index (χ4n) is 2.55. The molecule has 1 unspecified atom stereocenters. The summed E-state index contributed by atoms with van der Waals surface area (Å²) in [5.41, 5.74) is 11.2. The highest BCUT2D eigenvalue weighted by Gasteiger charge is 2.15. The van der Waals surface area contributed by atoms with Gasteiger partial charge in [0.1, 0.15) is 0 Å². The molecule has 2 aromatic rings. The normalized spacial score (nSPS) is 12.5. The second-order valence-corrected chi connectivity index (χ2v) is 6.14. The van der Waals surface area contributed by atoms with Crippen molar-refractivity contribution in [3.8, 4) is 11.4 Å². The lowest BCUT2D eigenvalue weighted by Crippen LogP contribution is -2.14. The van der Waals surface area contributed by atoms with Crippen molar-refractivity contribution in [3.63, 3.8) is 0 Å². The highest BCUT2D eigenvalue weighted by molar-refractivity contribution is 9.10. The zero-order valence-electron chi connectivity index (χ0n) is 12.4. The quantitative estimate of drug-likeness (QED) is 0.926. The van der Waals surface area contributed by atoms with Gasteiger partial charge in [-0.3, -0.25) is 0 Å². The highest BCUT2D eigenvalue weighted by Crippen LogP contribution is 2.27. The van der Waals surface area contributed by atoms with Gasteiger partial charge in [0, 0.05) is 21.4 Å². The van der Waals surface area contributed by atoms with Gasteiger partial charge in [-0.2, -0.15) is 0 Å². The third kappa shape index (κ3) is 2.91. The zero-order valence-corrected chi connectivity index (χ0v) is 14.0. The van der Waals surface area contributed by atoms with Gasteiger partial charge in [-0.15, -0.1) is 0 Å². The molecule has 2 rings (SSSR count). The van der Waals surface area contributed by atoms with Crippen LogP contribution in [0.3, 0.4) is 0 Å². The van der Waals surface area contributed by atoms with E-state index in [1.165, 1.54) is 5.56 Å². The van der Waals surface area contributed by atoms with Crippen molar-refractivity contribution in [2.75, 3.05) is 6.54 Å². The maximum Gasteiger partial charge on any atom is 0.159 e. The van der Waals surface area contributed by atoms with Crippen molar-refractivity contribution < 1.29 is 0 Å². The van der Waals surface area contributed by atoms with Crippen molar-refractivity contribution in [2.45, 2.75) is 33.6 Å². The van der Waals surface area contributed by atoms with Crippen molar-refractivity contribution in [1.82, 2.24) is 9.97 Å².